The lowest BCUT2D eigenvalue weighted by Gasteiger charge is -2.08. The van der Waals surface area contributed by atoms with Crippen LogP contribution in [0, 0.1) is 0 Å². The van der Waals surface area contributed by atoms with Gasteiger partial charge in [-0.25, -0.2) is 9.59 Å². The monoisotopic (exact) mass is 412 g/mol. The third kappa shape index (κ3) is 7.79. The van der Waals surface area contributed by atoms with Crippen molar-refractivity contribution in [3.63, 3.8) is 0 Å². The molecular weight excluding hydrogens is 388 g/mol. The van der Waals surface area contributed by atoms with Gasteiger partial charge in [0.1, 0.15) is 17.2 Å². The van der Waals surface area contributed by atoms with Gasteiger partial charge in [-0.2, -0.15) is 0 Å². The minimum Gasteiger partial charge on any atom is -0.494 e. The molecule has 0 fully saturated rings. The lowest BCUT2D eigenvalue weighted by atomic mass is 10.2. The van der Waals surface area contributed by atoms with E-state index in [2.05, 4.69) is 6.58 Å². The van der Waals surface area contributed by atoms with Gasteiger partial charge in [0.2, 0.25) is 0 Å². The highest BCUT2D eigenvalue weighted by molar-refractivity contribution is 5.91. The number of ether oxygens (including phenoxy) is 4. The summed E-state index contributed by atoms with van der Waals surface area (Å²) in [5, 5.41) is 0. The maximum absolute atomic E-state index is 12.2. The zero-order valence-electron chi connectivity index (χ0n) is 17.0. The summed E-state index contributed by atoms with van der Waals surface area (Å²) in [6.07, 6.45) is 1.41. The summed E-state index contributed by atoms with van der Waals surface area (Å²) < 4.78 is 20.9. The Morgan fingerprint density at radius 2 is 1.30 bits per heavy atom. The van der Waals surface area contributed by atoms with Crippen LogP contribution in [0.3, 0.4) is 0 Å². The average Bonchev–Trinajstić information content (AvgIpc) is 2.71. The molecule has 0 saturated carbocycles. The van der Waals surface area contributed by atoms with Crippen molar-refractivity contribution >= 4 is 17.9 Å². The summed E-state index contributed by atoms with van der Waals surface area (Å²) in [5.41, 5.74) is 0.713. The third-order valence-electron chi connectivity index (χ3n) is 3.77. The largest absolute Gasteiger partial charge is 0.494 e. The van der Waals surface area contributed by atoms with Gasteiger partial charge in [-0.3, -0.25) is 4.79 Å². The Bertz CT molecular complexity index is 883. The predicted molar refractivity (Wildman–Crippen MR) is 110 cm³/mol. The number of benzene rings is 2. The molecule has 0 unspecified atom stereocenters. The van der Waals surface area contributed by atoms with Crippen LogP contribution in [0.25, 0.3) is 0 Å². The van der Waals surface area contributed by atoms with E-state index in [1.807, 2.05) is 0 Å². The van der Waals surface area contributed by atoms with Crippen molar-refractivity contribution in [2.24, 2.45) is 0 Å². The Balaban J connectivity index is 1.73. The van der Waals surface area contributed by atoms with Crippen LogP contribution in [0.5, 0.6) is 17.2 Å². The van der Waals surface area contributed by atoms with Gasteiger partial charge in [-0.05, 0) is 68.3 Å². The van der Waals surface area contributed by atoms with Crippen molar-refractivity contribution in [1.82, 2.24) is 0 Å². The molecule has 0 amide bonds. The second-order valence-electron chi connectivity index (χ2n) is 6.45. The van der Waals surface area contributed by atoms with Gasteiger partial charge in [0, 0.05) is 12.5 Å². The number of rotatable bonds is 10. The van der Waals surface area contributed by atoms with Crippen LogP contribution in [0.4, 0.5) is 0 Å². The number of carbonyl (C=O) groups is 3. The molecule has 0 aliphatic carbocycles. The van der Waals surface area contributed by atoms with Crippen LogP contribution in [0.1, 0.15) is 37.0 Å². The van der Waals surface area contributed by atoms with Crippen molar-refractivity contribution in [3.05, 3.63) is 66.2 Å². The molecule has 0 atom stereocenters. The molecule has 0 heterocycles. The smallest absolute Gasteiger partial charge is 0.343 e. The van der Waals surface area contributed by atoms with E-state index in [0.29, 0.717) is 48.0 Å². The maximum Gasteiger partial charge on any atom is 0.343 e. The zero-order valence-corrected chi connectivity index (χ0v) is 17.0. The Hall–Kier alpha value is -3.61. The highest BCUT2D eigenvalue weighted by atomic mass is 16.5. The average molecular weight is 412 g/mol. The topological polar surface area (TPSA) is 88.1 Å². The summed E-state index contributed by atoms with van der Waals surface area (Å²) in [4.78, 5) is 34.3. The molecular formula is C23H24O7. The van der Waals surface area contributed by atoms with E-state index in [1.54, 1.807) is 31.2 Å². The van der Waals surface area contributed by atoms with Crippen molar-refractivity contribution in [2.45, 2.75) is 26.7 Å². The molecule has 0 saturated heterocycles. The van der Waals surface area contributed by atoms with Crippen LogP contribution >= 0.6 is 0 Å². The zero-order chi connectivity index (χ0) is 21.9. The van der Waals surface area contributed by atoms with Crippen LogP contribution in [0.15, 0.2) is 60.7 Å². The van der Waals surface area contributed by atoms with Gasteiger partial charge in [-0.15, -0.1) is 0 Å². The quantitative estimate of drug-likeness (QED) is 0.251. The summed E-state index contributed by atoms with van der Waals surface area (Å²) in [5.74, 6) is 0.0275. The van der Waals surface area contributed by atoms with E-state index in [1.165, 1.54) is 31.2 Å². The van der Waals surface area contributed by atoms with Gasteiger partial charge in [-0.1, -0.05) is 6.58 Å². The molecule has 2 aromatic rings. The molecule has 2 rings (SSSR count). The Morgan fingerprint density at radius 3 is 1.90 bits per heavy atom. The first-order valence-corrected chi connectivity index (χ1v) is 9.41. The SMILES string of the molecule is C=C(C)C(=O)OCCCCOc1ccc(OC(=O)c2ccc(OC(C)=O)cc2)cc1. The first-order valence-electron chi connectivity index (χ1n) is 9.41. The normalized spacial score (nSPS) is 10.1. The summed E-state index contributed by atoms with van der Waals surface area (Å²) in [6, 6.07) is 12.8. The van der Waals surface area contributed by atoms with Gasteiger partial charge < -0.3 is 18.9 Å². The Kier molecular flexibility index (Phi) is 8.62. The molecule has 7 heteroatoms. The van der Waals surface area contributed by atoms with Gasteiger partial charge in [0.25, 0.3) is 0 Å². The highest BCUT2D eigenvalue weighted by Gasteiger charge is 2.09. The molecule has 7 nitrogen and oxygen atoms in total. The molecule has 0 spiro atoms. The van der Waals surface area contributed by atoms with Crippen molar-refractivity contribution in [1.29, 1.82) is 0 Å². The molecule has 2 aromatic carbocycles. The molecule has 0 N–H and O–H groups in total. The number of carbonyl (C=O) groups excluding carboxylic acids is 3. The van der Waals surface area contributed by atoms with E-state index in [-0.39, 0.29) is 5.97 Å². The third-order valence-corrected chi connectivity index (χ3v) is 3.77. The highest BCUT2D eigenvalue weighted by Crippen LogP contribution is 2.20. The van der Waals surface area contributed by atoms with Crippen molar-refractivity contribution < 1.29 is 33.3 Å². The summed E-state index contributed by atoms with van der Waals surface area (Å²) in [6.45, 7) is 7.22. The van der Waals surface area contributed by atoms with Crippen LogP contribution in [-0.4, -0.2) is 31.1 Å². The number of esters is 3. The fourth-order valence-electron chi connectivity index (χ4n) is 2.28. The van der Waals surface area contributed by atoms with Crippen LogP contribution in [0.2, 0.25) is 0 Å². The van der Waals surface area contributed by atoms with Crippen molar-refractivity contribution in [2.75, 3.05) is 13.2 Å². The molecule has 0 radical (unpaired) electrons. The molecule has 0 aliphatic rings. The number of hydrogen-bond donors (Lipinski definition) is 0. The lowest BCUT2D eigenvalue weighted by molar-refractivity contribution is -0.139. The summed E-state index contributed by atoms with van der Waals surface area (Å²) in [7, 11) is 0. The molecule has 158 valence electrons. The molecule has 30 heavy (non-hydrogen) atoms. The fourth-order valence-corrected chi connectivity index (χ4v) is 2.28. The van der Waals surface area contributed by atoms with Gasteiger partial charge in [0.05, 0.1) is 18.8 Å². The van der Waals surface area contributed by atoms with Crippen LogP contribution < -0.4 is 14.2 Å². The van der Waals surface area contributed by atoms with Gasteiger partial charge >= 0.3 is 17.9 Å². The second-order valence-corrected chi connectivity index (χ2v) is 6.45. The molecule has 0 aromatic heterocycles. The second kappa shape index (κ2) is 11.4. The van der Waals surface area contributed by atoms with E-state index in [4.69, 9.17) is 18.9 Å². The lowest BCUT2D eigenvalue weighted by Crippen LogP contribution is -2.09. The number of hydrogen-bond acceptors (Lipinski definition) is 7. The van der Waals surface area contributed by atoms with E-state index < -0.39 is 11.9 Å². The van der Waals surface area contributed by atoms with Gasteiger partial charge in [0.15, 0.2) is 0 Å². The van der Waals surface area contributed by atoms with Crippen LogP contribution in [-0.2, 0) is 14.3 Å². The Morgan fingerprint density at radius 1 is 0.767 bits per heavy atom. The number of unbranched alkanes of at least 4 members (excludes halogenated alkanes) is 1. The van der Waals surface area contributed by atoms with Crippen molar-refractivity contribution in [3.8, 4) is 17.2 Å². The minimum atomic E-state index is -0.526. The maximum atomic E-state index is 12.2. The Labute approximate surface area is 175 Å². The van der Waals surface area contributed by atoms with E-state index >= 15 is 0 Å². The molecule has 0 aliphatic heterocycles. The van der Waals surface area contributed by atoms with E-state index in [0.717, 1.165) is 6.42 Å². The first-order chi connectivity index (χ1) is 14.3. The minimum absolute atomic E-state index is 0.325. The predicted octanol–water partition coefficient (Wildman–Crippen LogP) is 4.11. The summed E-state index contributed by atoms with van der Waals surface area (Å²) >= 11 is 0. The standard InChI is InChI=1S/C23H24O7/c1-16(2)22(25)28-15-5-4-14-27-19-10-12-21(13-11-19)30-23(26)18-6-8-20(9-7-18)29-17(3)24/h6-13H,1,4-5,14-15H2,2-3H3. The molecule has 0 bridgehead atoms. The fraction of sp³-hybridized carbons (Fsp3) is 0.261. The van der Waals surface area contributed by atoms with E-state index in [9.17, 15) is 14.4 Å². The first kappa shape index (κ1) is 22.7.